The number of fused-ring (bicyclic) bond motifs is 1. The zero-order valence-electron chi connectivity index (χ0n) is 8.73. The monoisotopic (exact) mass is 230 g/mol. The highest BCUT2D eigenvalue weighted by atomic mass is 32.1. The minimum atomic E-state index is 0.223. The van der Waals surface area contributed by atoms with Gasteiger partial charge in [-0.2, -0.15) is 16.3 Å². The molecule has 0 saturated carbocycles. The van der Waals surface area contributed by atoms with E-state index in [9.17, 15) is 0 Å². The number of rotatable bonds is 1. The maximum Gasteiger partial charge on any atom is 0.292 e. The summed E-state index contributed by atoms with van der Waals surface area (Å²) in [7, 11) is 0. The highest BCUT2D eigenvalue weighted by Gasteiger charge is 2.08. The first kappa shape index (κ1) is 9.42. The Kier molecular flexibility index (Phi) is 1.97. The van der Waals surface area contributed by atoms with E-state index in [-0.39, 0.29) is 6.01 Å². The summed E-state index contributed by atoms with van der Waals surface area (Å²) in [6.45, 7) is 2.00. The van der Waals surface area contributed by atoms with Gasteiger partial charge in [-0.15, -0.1) is 0 Å². The summed E-state index contributed by atoms with van der Waals surface area (Å²) < 4.78 is 5.34. The van der Waals surface area contributed by atoms with Gasteiger partial charge in [-0.3, -0.25) is 0 Å². The first-order valence-electron chi connectivity index (χ1n) is 4.93. The first-order valence-corrected chi connectivity index (χ1v) is 5.87. The Hall–Kier alpha value is -1.81. The number of nitrogens with two attached hydrogens (primary N) is 1. The third kappa shape index (κ3) is 1.39. The van der Waals surface area contributed by atoms with Crippen LogP contribution in [-0.4, -0.2) is 4.98 Å². The molecule has 0 atom stereocenters. The fourth-order valence-electron chi connectivity index (χ4n) is 1.81. The van der Waals surface area contributed by atoms with Crippen molar-refractivity contribution in [1.29, 1.82) is 0 Å². The van der Waals surface area contributed by atoms with Gasteiger partial charge in [0.1, 0.15) is 5.52 Å². The second-order valence-electron chi connectivity index (χ2n) is 3.71. The van der Waals surface area contributed by atoms with E-state index < -0.39 is 0 Å². The molecule has 0 unspecified atom stereocenters. The smallest absolute Gasteiger partial charge is 0.292 e. The SMILES string of the molecule is Cc1cc(-c2ccsc2)cc2nc(N)oc12. The summed E-state index contributed by atoms with van der Waals surface area (Å²) >= 11 is 1.68. The van der Waals surface area contributed by atoms with Crippen molar-refractivity contribution in [2.45, 2.75) is 6.92 Å². The maximum absolute atomic E-state index is 5.55. The molecule has 0 aliphatic carbocycles. The van der Waals surface area contributed by atoms with Gasteiger partial charge in [0.05, 0.1) is 0 Å². The standard InChI is InChI=1S/C12H10N2OS/c1-7-4-9(8-2-3-16-6-8)5-10-11(7)15-12(13)14-10/h2-6H,1H3,(H2,13,14). The minimum Gasteiger partial charge on any atom is -0.423 e. The van der Waals surface area contributed by atoms with Crippen molar-refractivity contribution in [2.24, 2.45) is 0 Å². The fraction of sp³-hybridized carbons (Fsp3) is 0.0833. The van der Waals surface area contributed by atoms with E-state index in [0.717, 1.165) is 22.2 Å². The number of aryl methyl sites for hydroxylation is 1. The van der Waals surface area contributed by atoms with Crippen molar-refractivity contribution < 1.29 is 4.42 Å². The van der Waals surface area contributed by atoms with Crippen molar-refractivity contribution in [3.63, 3.8) is 0 Å². The number of nitrogen functional groups attached to an aromatic ring is 1. The Bertz CT molecular complexity index is 640. The second-order valence-corrected chi connectivity index (χ2v) is 4.49. The van der Waals surface area contributed by atoms with Gasteiger partial charge >= 0.3 is 0 Å². The van der Waals surface area contributed by atoms with E-state index in [4.69, 9.17) is 10.2 Å². The molecule has 3 rings (SSSR count). The summed E-state index contributed by atoms with van der Waals surface area (Å²) in [6, 6.07) is 6.41. The summed E-state index contributed by atoms with van der Waals surface area (Å²) in [5.41, 5.74) is 10.6. The molecule has 4 heteroatoms. The molecule has 3 aromatic rings. The Morgan fingerprint density at radius 1 is 1.31 bits per heavy atom. The van der Waals surface area contributed by atoms with Crippen molar-refractivity contribution in [2.75, 3.05) is 5.73 Å². The van der Waals surface area contributed by atoms with Gasteiger partial charge in [0.25, 0.3) is 6.01 Å². The molecule has 0 fully saturated rings. The molecule has 0 bridgehead atoms. The van der Waals surface area contributed by atoms with E-state index in [1.807, 2.05) is 13.0 Å². The van der Waals surface area contributed by atoms with Crippen LogP contribution in [0.5, 0.6) is 0 Å². The molecule has 0 radical (unpaired) electrons. The minimum absolute atomic E-state index is 0.223. The Morgan fingerprint density at radius 2 is 2.19 bits per heavy atom. The van der Waals surface area contributed by atoms with E-state index >= 15 is 0 Å². The van der Waals surface area contributed by atoms with Gasteiger partial charge in [-0.05, 0) is 52.6 Å². The Labute approximate surface area is 96.5 Å². The number of hydrogen-bond acceptors (Lipinski definition) is 4. The van der Waals surface area contributed by atoms with Gasteiger partial charge in [0, 0.05) is 0 Å². The predicted octanol–water partition coefficient (Wildman–Crippen LogP) is 3.45. The Balaban J connectivity index is 2.28. The van der Waals surface area contributed by atoms with Gasteiger partial charge in [0.2, 0.25) is 0 Å². The van der Waals surface area contributed by atoms with Crippen LogP contribution in [0.4, 0.5) is 6.01 Å². The molecular formula is C12H10N2OS. The number of oxazole rings is 1. The van der Waals surface area contributed by atoms with E-state index in [2.05, 4.69) is 27.9 Å². The summed E-state index contributed by atoms with van der Waals surface area (Å²) in [6.07, 6.45) is 0. The van der Waals surface area contributed by atoms with Crippen molar-refractivity contribution in [3.8, 4) is 11.1 Å². The highest BCUT2D eigenvalue weighted by molar-refractivity contribution is 7.08. The molecule has 0 spiro atoms. The van der Waals surface area contributed by atoms with Crippen LogP contribution in [0, 0.1) is 6.92 Å². The Morgan fingerprint density at radius 3 is 2.94 bits per heavy atom. The van der Waals surface area contributed by atoms with Gasteiger partial charge in [-0.1, -0.05) is 0 Å². The van der Waals surface area contributed by atoms with Gasteiger partial charge < -0.3 is 10.2 Å². The molecule has 0 aliphatic heterocycles. The average molecular weight is 230 g/mol. The predicted molar refractivity (Wildman–Crippen MR) is 66.5 cm³/mol. The molecule has 0 amide bonds. The lowest BCUT2D eigenvalue weighted by molar-refractivity contribution is 0.624. The third-order valence-electron chi connectivity index (χ3n) is 2.55. The van der Waals surface area contributed by atoms with Crippen molar-refractivity contribution in [1.82, 2.24) is 4.98 Å². The zero-order chi connectivity index (χ0) is 11.1. The van der Waals surface area contributed by atoms with Crippen molar-refractivity contribution >= 4 is 28.5 Å². The van der Waals surface area contributed by atoms with Gasteiger partial charge in [0.15, 0.2) is 5.58 Å². The second kappa shape index (κ2) is 3.35. The lowest BCUT2D eigenvalue weighted by Gasteiger charge is -1.99. The average Bonchev–Trinajstić information content (AvgIpc) is 2.84. The normalized spacial score (nSPS) is 11.1. The third-order valence-corrected chi connectivity index (χ3v) is 3.23. The van der Waals surface area contributed by atoms with E-state index in [1.54, 1.807) is 11.3 Å². The summed E-state index contributed by atoms with van der Waals surface area (Å²) in [4.78, 5) is 4.16. The number of aromatic nitrogens is 1. The van der Waals surface area contributed by atoms with Crippen LogP contribution >= 0.6 is 11.3 Å². The van der Waals surface area contributed by atoms with Crippen LogP contribution in [-0.2, 0) is 0 Å². The molecule has 2 heterocycles. The molecule has 1 aromatic carbocycles. The van der Waals surface area contributed by atoms with Crippen LogP contribution in [0.2, 0.25) is 0 Å². The molecule has 0 aliphatic rings. The lowest BCUT2D eigenvalue weighted by atomic mass is 10.1. The summed E-state index contributed by atoms with van der Waals surface area (Å²) in [5, 5.41) is 4.18. The number of nitrogens with zero attached hydrogens (tertiary/aromatic N) is 1. The summed E-state index contributed by atoms with van der Waals surface area (Å²) in [5.74, 6) is 0. The van der Waals surface area contributed by atoms with E-state index in [1.165, 1.54) is 5.56 Å². The fourth-order valence-corrected chi connectivity index (χ4v) is 2.48. The molecule has 16 heavy (non-hydrogen) atoms. The number of anilines is 1. The first-order chi connectivity index (χ1) is 7.74. The number of hydrogen-bond donors (Lipinski definition) is 1. The van der Waals surface area contributed by atoms with Crippen LogP contribution in [0.1, 0.15) is 5.56 Å². The molecule has 3 nitrogen and oxygen atoms in total. The molecule has 80 valence electrons. The van der Waals surface area contributed by atoms with Crippen LogP contribution in [0.25, 0.3) is 22.2 Å². The largest absolute Gasteiger partial charge is 0.423 e. The van der Waals surface area contributed by atoms with Crippen molar-refractivity contribution in [3.05, 3.63) is 34.5 Å². The zero-order valence-corrected chi connectivity index (χ0v) is 9.54. The van der Waals surface area contributed by atoms with Crippen LogP contribution in [0.15, 0.2) is 33.4 Å². The van der Waals surface area contributed by atoms with Crippen LogP contribution < -0.4 is 5.73 Å². The van der Waals surface area contributed by atoms with Crippen LogP contribution in [0.3, 0.4) is 0 Å². The highest BCUT2D eigenvalue weighted by Crippen LogP contribution is 2.29. The lowest BCUT2D eigenvalue weighted by Crippen LogP contribution is -1.81. The van der Waals surface area contributed by atoms with Gasteiger partial charge in [-0.25, -0.2) is 0 Å². The molecule has 2 N–H and O–H groups in total. The molecule has 0 saturated heterocycles. The topological polar surface area (TPSA) is 52.0 Å². The quantitative estimate of drug-likeness (QED) is 0.696. The number of benzene rings is 1. The maximum atomic E-state index is 5.55. The molecule has 2 aromatic heterocycles. The molecular weight excluding hydrogens is 220 g/mol. The van der Waals surface area contributed by atoms with E-state index in [0.29, 0.717) is 0 Å². The number of thiophene rings is 1.